The predicted molar refractivity (Wildman–Crippen MR) is 94.2 cm³/mol. The second-order valence-corrected chi connectivity index (χ2v) is 6.80. The zero-order chi connectivity index (χ0) is 17.7. The highest BCUT2D eigenvalue weighted by molar-refractivity contribution is 6.37. The van der Waals surface area contributed by atoms with E-state index in [1.54, 1.807) is 6.07 Å². The van der Waals surface area contributed by atoms with E-state index in [1.807, 2.05) is 0 Å². The number of fused-ring (bicyclic) bond motifs is 3. The molecule has 0 radical (unpaired) electrons. The SMILES string of the molecule is O=C(O)/C=C(\C(=O)O)c1c(Cl)cc2c3c1c1c(n3CC2)CCNCC1. The van der Waals surface area contributed by atoms with Gasteiger partial charge in [0.1, 0.15) is 0 Å². The molecule has 0 amide bonds. The highest BCUT2D eigenvalue weighted by Gasteiger charge is 2.30. The normalized spacial score (nSPS) is 16.8. The van der Waals surface area contributed by atoms with E-state index >= 15 is 0 Å². The first-order chi connectivity index (χ1) is 12.0. The highest BCUT2D eigenvalue weighted by atomic mass is 35.5. The van der Waals surface area contributed by atoms with Crippen LogP contribution < -0.4 is 5.32 Å². The fourth-order valence-corrected chi connectivity index (χ4v) is 4.46. The van der Waals surface area contributed by atoms with Crippen LogP contribution in [0.2, 0.25) is 5.02 Å². The lowest BCUT2D eigenvalue weighted by Gasteiger charge is -2.11. The number of aliphatic carboxylic acids is 2. The molecule has 1 aromatic carbocycles. The zero-order valence-electron chi connectivity index (χ0n) is 13.4. The molecule has 3 N–H and O–H groups in total. The molecule has 2 aromatic rings. The van der Waals surface area contributed by atoms with Crippen LogP contribution in [0.3, 0.4) is 0 Å². The summed E-state index contributed by atoms with van der Waals surface area (Å²) in [6.45, 7) is 2.53. The van der Waals surface area contributed by atoms with Crippen molar-refractivity contribution in [2.45, 2.75) is 25.8 Å². The highest BCUT2D eigenvalue weighted by Crippen LogP contribution is 2.42. The molecule has 7 heteroatoms. The van der Waals surface area contributed by atoms with Gasteiger partial charge in [0.15, 0.2) is 0 Å². The lowest BCUT2D eigenvalue weighted by atomic mass is 9.94. The first-order valence-corrected chi connectivity index (χ1v) is 8.61. The monoisotopic (exact) mass is 360 g/mol. The predicted octanol–water partition coefficient (Wildman–Crippen LogP) is 2.09. The van der Waals surface area contributed by atoms with Gasteiger partial charge < -0.3 is 20.1 Å². The molecule has 25 heavy (non-hydrogen) atoms. The average molecular weight is 361 g/mol. The second-order valence-electron chi connectivity index (χ2n) is 6.39. The standard InChI is InChI=1S/C18H17ClN2O4/c19-12-7-9-3-6-21-13-2-5-20-4-1-10(13)16(17(9)21)15(12)11(18(24)25)8-14(22)23/h7-8,20H,1-6H2,(H,22,23)(H,24,25)/b11-8-. The minimum atomic E-state index is -1.30. The largest absolute Gasteiger partial charge is 0.478 e. The van der Waals surface area contributed by atoms with Gasteiger partial charge in [0.05, 0.1) is 11.1 Å². The van der Waals surface area contributed by atoms with Crippen LogP contribution in [0.5, 0.6) is 0 Å². The van der Waals surface area contributed by atoms with E-state index < -0.39 is 11.9 Å². The third-order valence-corrected chi connectivity index (χ3v) is 5.34. The Bertz CT molecular complexity index is 958. The van der Waals surface area contributed by atoms with Crippen LogP contribution in [-0.2, 0) is 35.4 Å². The molecular weight excluding hydrogens is 344 g/mol. The molecule has 0 unspecified atom stereocenters. The van der Waals surface area contributed by atoms with E-state index in [0.717, 1.165) is 67.0 Å². The number of aromatic nitrogens is 1. The van der Waals surface area contributed by atoms with Crippen LogP contribution in [-0.4, -0.2) is 39.8 Å². The van der Waals surface area contributed by atoms with Crippen molar-refractivity contribution in [3.63, 3.8) is 0 Å². The van der Waals surface area contributed by atoms with Crippen molar-refractivity contribution in [3.8, 4) is 0 Å². The van der Waals surface area contributed by atoms with E-state index in [0.29, 0.717) is 10.6 Å². The third kappa shape index (κ3) is 2.44. The van der Waals surface area contributed by atoms with Gasteiger partial charge in [-0.3, -0.25) is 0 Å². The fourth-order valence-electron chi connectivity index (χ4n) is 4.13. The fraction of sp³-hybridized carbons (Fsp3) is 0.333. The minimum absolute atomic E-state index is 0.270. The lowest BCUT2D eigenvalue weighted by molar-refractivity contribution is -0.133. The lowest BCUT2D eigenvalue weighted by Crippen LogP contribution is -2.17. The molecule has 130 valence electrons. The van der Waals surface area contributed by atoms with Gasteiger partial charge in [-0.2, -0.15) is 0 Å². The molecule has 4 rings (SSSR count). The van der Waals surface area contributed by atoms with Gasteiger partial charge in [-0.1, -0.05) is 11.6 Å². The van der Waals surface area contributed by atoms with Crippen molar-refractivity contribution in [2.75, 3.05) is 13.1 Å². The number of hydrogen-bond donors (Lipinski definition) is 3. The Morgan fingerprint density at radius 1 is 1.20 bits per heavy atom. The van der Waals surface area contributed by atoms with Crippen molar-refractivity contribution in [1.29, 1.82) is 0 Å². The van der Waals surface area contributed by atoms with Gasteiger partial charge in [0.25, 0.3) is 0 Å². The first kappa shape index (κ1) is 16.2. The maximum atomic E-state index is 11.8. The van der Waals surface area contributed by atoms with E-state index in [9.17, 15) is 14.7 Å². The van der Waals surface area contributed by atoms with Crippen molar-refractivity contribution in [1.82, 2.24) is 9.88 Å². The molecule has 0 aliphatic carbocycles. The molecule has 0 saturated carbocycles. The Balaban J connectivity index is 2.12. The summed E-state index contributed by atoms with van der Waals surface area (Å²) >= 11 is 6.45. The van der Waals surface area contributed by atoms with Gasteiger partial charge >= 0.3 is 11.9 Å². The number of nitrogens with zero attached hydrogens (tertiary/aromatic N) is 1. The van der Waals surface area contributed by atoms with Gasteiger partial charge in [-0.25, -0.2) is 9.59 Å². The summed E-state index contributed by atoms with van der Waals surface area (Å²) in [5.74, 6) is -2.58. The number of carboxylic acid groups (broad SMARTS) is 2. The molecule has 0 spiro atoms. The number of carbonyl (C=O) groups is 2. The summed E-state index contributed by atoms with van der Waals surface area (Å²) in [4.78, 5) is 22.9. The number of benzene rings is 1. The van der Waals surface area contributed by atoms with E-state index in [-0.39, 0.29) is 5.57 Å². The quantitative estimate of drug-likeness (QED) is 0.729. The van der Waals surface area contributed by atoms with Crippen LogP contribution in [0.25, 0.3) is 16.5 Å². The second kappa shape index (κ2) is 5.89. The van der Waals surface area contributed by atoms with Gasteiger partial charge in [0.2, 0.25) is 0 Å². The Labute approximate surface area is 148 Å². The average Bonchev–Trinajstić information content (AvgIpc) is 2.98. The number of aryl methyl sites for hydroxylation is 2. The molecule has 0 fully saturated rings. The van der Waals surface area contributed by atoms with Crippen LogP contribution in [0.4, 0.5) is 0 Å². The molecule has 2 aliphatic rings. The van der Waals surface area contributed by atoms with Gasteiger partial charge in [-0.05, 0) is 36.6 Å². The molecule has 1 aromatic heterocycles. The summed E-state index contributed by atoms with van der Waals surface area (Å²) < 4.78 is 2.26. The van der Waals surface area contributed by atoms with Crippen LogP contribution in [0.15, 0.2) is 12.1 Å². The number of nitrogens with one attached hydrogen (secondary N) is 1. The Hall–Kier alpha value is -2.31. The number of halogens is 1. The smallest absolute Gasteiger partial charge is 0.336 e. The molecular formula is C18H17ClN2O4. The molecule has 6 nitrogen and oxygen atoms in total. The summed E-state index contributed by atoms with van der Waals surface area (Å²) in [7, 11) is 0. The molecule has 0 atom stereocenters. The van der Waals surface area contributed by atoms with Crippen LogP contribution >= 0.6 is 11.6 Å². The molecule has 0 bridgehead atoms. The zero-order valence-corrected chi connectivity index (χ0v) is 14.2. The van der Waals surface area contributed by atoms with E-state index in [2.05, 4.69) is 9.88 Å². The summed E-state index contributed by atoms with van der Waals surface area (Å²) in [5, 5.41) is 23.2. The van der Waals surface area contributed by atoms with Gasteiger partial charge in [0, 0.05) is 47.3 Å². The minimum Gasteiger partial charge on any atom is -0.478 e. The van der Waals surface area contributed by atoms with Gasteiger partial charge in [-0.15, -0.1) is 0 Å². The Kier molecular flexibility index (Phi) is 3.81. The van der Waals surface area contributed by atoms with Crippen molar-refractivity contribution >= 4 is 40.0 Å². The molecule has 2 aliphatic heterocycles. The van der Waals surface area contributed by atoms with Crippen molar-refractivity contribution < 1.29 is 19.8 Å². The summed E-state index contributed by atoms with van der Waals surface area (Å²) in [6.07, 6.45) is 3.23. The number of hydrogen-bond acceptors (Lipinski definition) is 3. The summed E-state index contributed by atoms with van der Waals surface area (Å²) in [5.41, 5.74) is 4.48. The third-order valence-electron chi connectivity index (χ3n) is 5.04. The van der Waals surface area contributed by atoms with E-state index in [4.69, 9.17) is 16.7 Å². The maximum absolute atomic E-state index is 11.8. The van der Waals surface area contributed by atoms with E-state index in [1.165, 1.54) is 5.69 Å². The Morgan fingerprint density at radius 2 is 1.96 bits per heavy atom. The molecule has 0 saturated heterocycles. The molecule has 3 heterocycles. The van der Waals surface area contributed by atoms with Crippen LogP contribution in [0, 0.1) is 0 Å². The first-order valence-electron chi connectivity index (χ1n) is 8.23. The van der Waals surface area contributed by atoms with Crippen molar-refractivity contribution in [3.05, 3.63) is 39.5 Å². The topological polar surface area (TPSA) is 91.6 Å². The van der Waals surface area contributed by atoms with Crippen LogP contribution in [0.1, 0.15) is 22.4 Å². The number of carboxylic acids is 2. The number of rotatable bonds is 3. The maximum Gasteiger partial charge on any atom is 0.336 e. The van der Waals surface area contributed by atoms with Crippen molar-refractivity contribution in [2.24, 2.45) is 0 Å². The summed E-state index contributed by atoms with van der Waals surface area (Å²) in [6, 6.07) is 1.79. The Morgan fingerprint density at radius 3 is 2.68 bits per heavy atom.